The first-order valence-corrected chi connectivity index (χ1v) is 10.6. The smallest absolute Gasteiger partial charge is 0.280 e. The highest BCUT2D eigenvalue weighted by Crippen LogP contribution is 2.34. The van der Waals surface area contributed by atoms with Crippen molar-refractivity contribution < 1.29 is 9.53 Å². The maximum Gasteiger partial charge on any atom is 0.280 e. The number of carbonyl (C=O) groups excluding carboxylic acids is 1. The lowest BCUT2D eigenvalue weighted by Gasteiger charge is -2.23. The molecule has 3 heterocycles. The number of carbonyl (C=O) groups is 1. The number of aliphatic imine (C=N–C) groups is 1. The summed E-state index contributed by atoms with van der Waals surface area (Å²) in [4.78, 5) is 24.1. The summed E-state index contributed by atoms with van der Waals surface area (Å²) < 4.78 is 6.10. The number of amides is 1. The predicted molar refractivity (Wildman–Crippen MR) is 123 cm³/mol. The van der Waals surface area contributed by atoms with Gasteiger partial charge in [0.2, 0.25) is 5.96 Å². The summed E-state index contributed by atoms with van der Waals surface area (Å²) in [5.74, 6) is 1.46. The molecule has 156 valence electrons. The van der Waals surface area contributed by atoms with E-state index in [1.54, 1.807) is 18.3 Å². The summed E-state index contributed by atoms with van der Waals surface area (Å²) in [5, 5.41) is 3.32. The first-order chi connectivity index (χ1) is 15.2. The molecule has 3 aromatic rings. The van der Waals surface area contributed by atoms with Crippen LogP contribution in [0.3, 0.4) is 0 Å². The Morgan fingerprint density at radius 3 is 2.87 bits per heavy atom. The average molecular weight is 412 g/mol. The molecule has 31 heavy (non-hydrogen) atoms. The molecule has 0 radical (unpaired) electrons. The van der Waals surface area contributed by atoms with Gasteiger partial charge in [0.1, 0.15) is 5.75 Å². The van der Waals surface area contributed by atoms with Crippen LogP contribution in [0.1, 0.15) is 30.1 Å². The van der Waals surface area contributed by atoms with Gasteiger partial charge in [-0.05, 0) is 55.2 Å². The average Bonchev–Trinajstić information content (AvgIpc) is 3.13. The van der Waals surface area contributed by atoms with Gasteiger partial charge >= 0.3 is 0 Å². The van der Waals surface area contributed by atoms with Gasteiger partial charge in [0.05, 0.1) is 23.7 Å². The van der Waals surface area contributed by atoms with Crippen LogP contribution in [-0.2, 0) is 0 Å². The summed E-state index contributed by atoms with van der Waals surface area (Å²) >= 11 is 0. The molecule has 5 rings (SSSR count). The largest absolute Gasteiger partial charge is 0.493 e. The van der Waals surface area contributed by atoms with Crippen LogP contribution in [0, 0.1) is 5.92 Å². The Balaban J connectivity index is 1.57. The fourth-order valence-electron chi connectivity index (χ4n) is 4.08. The molecule has 6 nitrogen and oxygen atoms in total. The van der Waals surface area contributed by atoms with Gasteiger partial charge in [-0.15, -0.1) is 0 Å². The van der Waals surface area contributed by atoms with Crippen molar-refractivity contribution in [3.63, 3.8) is 0 Å². The molecule has 2 bridgehead atoms. The van der Waals surface area contributed by atoms with Crippen molar-refractivity contribution in [2.45, 2.75) is 19.8 Å². The zero-order valence-electron chi connectivity index (χ0n) is 17.4. The van der Waals surface area contributed by atoms with Gasteiger partial charge in [-0.1, -0.05) is 31.2 Å². The number of guanidine groups is 1. The quantitative estimate of drug-likeness (QED) is 0.564. The van der Waals surface area contributed by atoms with Gasteiger partial charge in [0.25, 0.3) is 5.91 Å². The van der Waals surface area contributed by atoms with Crippen LogP contribution in [0.5, 0.6) is 5.75 Å². The molecule has 0 saturated carbocycles. The van der Waals surface area contributed by atoms with E-state index >= 15 is 0 Å². The molecule has 0 spiro atoms. The number of aromatic nitrogens is 1. The number of para-hydroxylation sites is 3. The first kappa shape index (κ1) is 19.3. The molecule has 0 unspecified atom stereocenters. The minimum Gasteiger partial charge on any atom is -0.493 e. The molecule has 0 saturated heterocycles. The zero-order valence-corrected chi connectivity index (χ0v) is 17.4. The Labute approximate surface area is 181 Å². The lowest BCUT2D eigenvalue weighted by Crippen LogP contribution is -2.35. The Bertz CT molecular complexity index is 1160. The van der Waals surface area contributed by atoms with E-state index in [1.807, 2.05) is 42.5 Å². The molecular formula is C25H24N4O2. The van der Waals surface area contributed by atoms with Gasteiger partial charge in [0.15, 0.2) is 0 Å². The van der Waals surface area contributed by atoms with Crippen molar-refractivity contribution in [3.8, 4) is 17.0 Å². The Hall–Kier alpha value is -3.67. The molecule has 1 aromatic heterocycles. The van der Waals surface area contributed by atoms with Crippen LogP contribution < -0.4 is 15.0 Å². The van der Waals surface area contributed by atoms with Gasteiger partial charge in [-0.3, -0.25) is 9.78 Å². The Morgan fingerprint density at radius 2 is 1.94 bits per heavy atom. The fraction of sp³-hybridized carbons (Fsp3) is 0.240. The third kappa shape index (κ3) is 3.89. The monoisotopic (exact) mass is 412 g/mol. The maximum atomic E-state index is 13.1. The molecular weight excluding hydrogens is 388 g/mol. The minimum absolute atomic E-state index is 0.301. The number of ether oxygens (including phenoxy) is 1. The first-order valence-electron chi connectivity index (χ1n) is 10.6. The van der Waals surface area contributed by atoms with Crippen LogP contribution in [0.15, 0.2) is 71.9 Å². The van der Waals surface area contributed by atoms with Crippen molar-refractivity contribution >= 4 is 23.2 Å². The van der Waals surface area contributed by atoms with Gasteiger partial charge in [0, 0.05) is 23.9 Å². The maximum absolute atomic E-state index is 13.1. The number of hydrogen-bond donors (Lipinski definition) is 1. The lowest BCUT2D eigenvalue weighted by atomic mass is 10.1. The highest BCUT2D eigenvalue weighted by Gasteiger charge is 2.27. The van der Waals surface area contributed by atoms with E-state index in [0.29, 0.717) is 29.7 Å². The number of rotatable bonds is 0. The fourth-order valence-corrected chi connectivity index (χ4v) is 4.08. The SMILES string of the molecule is C[C@H]1CCCOc2ccccc2-c2cc(ccn2)C(=O)/N=C2\Nc3ccccc3N2C1. The molecule has 1 amide bonds. The number of hydrogen-bond acceptors (Lipinski definition) is 5. The third-order valence-corrected chi connectivity index (χ3v) is 5.67. The molecule has 0 aliphatic carbocycles. The Kier molecular flexibility index (Phi) is 5.12. The van der Waals surface area contributed by atoms with Crippen LogP contribution >= 0.6 is 0 Å². The number of anilines is 2. The molecule has 0 fully saturated rings. The molecule has 1 atom stereocenters. The normalized spacial score (nSPS) is 20.0. The van der Waals surface area contributed by atoms with Crippen LogP contribution in [0.4, 0.5) is 11.4 Å². The number of nitrogens with zero attached hydrogens (tertiary/aromatic N) is 3. The highest BCUT2D eigenvalue weighted by atomic mass is 16.5. The lowest BCUT2D eigenvalue weighted by molar-refractivity contribution is 0.100. The van der Waals surface area contributed by atoms with E-state index in [0.717, 1.165) is 42.1 Å². The van der Waals surface area contributed by atoms with Crippen LogP contribution in [0.2, 0.25) is 0 Å². The van der Waals surface area contributed by atoms with E-state index in [9.17, 15) is 4.79 Å². The molecule has 1 N–H and O–H groups in total. The summed E-state index contributed by atoms with van der Waals surface area (Å²) in [6, 6.07) is 19.4. The standard InChI is InChI=1S/C25H24N4O2/c1-17-7-6-14-31-23-11-5-2-8-19(23)21-15-18(12-13-26-21)24(30)28-25-27-20-9-3-4-10-22(20)29(25)16-17/h2-5,8-13,15,17H,6-7,14,16H2,1H3,(H,27,28,30)/t17-/m0/s1. The highest BCUT2D eigenvalue weighted by molar-refractivity contribution is 6.19. The van der Waals surface area contributed by atoms with E-state index in [1.165, 1.54) is 0 Å². The van der Waals surface area contributed by atoms with Gasteiger partial charge in [-0.2, -0.15) is 4.99 Å². The second-order valence-corrected chi connectivity index (χ2v) is 8.02. The molecule has 2 aliphatic rings. The zero-order chi connectivity index (χ0) is 21.2. The Morgan fingerprint density at radius 1 is 1.10 bits per heavy atom. The van der Waals surface area contributed by atoms with Gasteiger partial charge in [-0.25, -0.2) is 0 Å². The van der Waals surface area contributed by atoms with Crippen molar-refractivity contribution in [3.05, 3.63) is 72.4 Å². The molecule has 2 aromatic carbocycles. The number of pyridine rings is 1. The topological polar surface area (TPSA) is 66.8 Å². The van der Waals surface area contributed by atoms with Crippen molar-refractivity contribution in [2.24, 2.45) is 10.9 Å². The summed E-state index contributed by atoms with van der Waals surface area (Å²) in [6.07, 6.45) is 3.60. The number of nitrogens with one attached hydrogen (secondary N) is 1. The third-order valence-electron chi connectivity index (χ3n) is 5.67. The predicted octanol–water partition coefficient (Wildman–Crippen LogP) is 4.99. The van der Waals surface area contributed by atoms with E-state index < -0.39 is 0 Å². The second-order valence-electron chi connectivity index (χ2n) is 8.02. The van der Waals surface area contributed by atoms with Crippen molar-refractivity contribution in [1.29, 1.82) is 0 Å². The summed E-state index contributed by atoms with van der Waals surface area (Å²) in [7, 11) is 0. The van der Waals surface area contributed by atoms with Crippen molar-refractivity contribution in [1.82, 2.24) is 4.98 Å². The summed E-state index contributed by atoms with van der Waals surface area (Å²) in [5.41, 5.74) is 4.08. The minimum atomic E-state index is -0.301. The van der Waals surface area contributed by atoms with Crippen molar-refractivity contribution in [2.75, 3.05) is 23.4 Å². The summed E-state index contributed by atoms with van der Waals surface area (Å²) in [6.45, 7) is 3.63. The van der Waals surface area contributed by atoms with Gasteiger partial charge < -0.3 is 15.0 Å². The van der Waals surface area contributed by atoms with Crippen LogP contribution in [0.25, 0.3) is 11.3 Å². The number of fused-ring (bicyclic) bond motifs is 7. The van der Waals surface area contributed by atoms with E-state index in [2.05, 4.69) is 33.2 Å². The second kappa shape index (κ2) is 8.22. The molecule has 2 aliphatic heterocycles. The van der Waals surface area contributed by atoms with Crippen LogP contribution in [-0.4, -0.2) is 30.0 Å². The number of benzene rings is 2. The van der Waals surface area contributed by atoms with E-state index in [4.69, 9.17) is 4.74 Å². The van der Waals surface area contributed by atoms with E-state index in [-0.39, 0.29) is 5.91 Å². The molecule has 6 heteroatoms.